The number of aromatic carboxylic acids is 1. The lowest BCUT2D eigenvalue weighted by molar-refractivity contribution is 0.0697. The van der Waals surface area contributed by atoms with E-state index in [1.54, 1.807) is 6.07 Å². The molecule has 1 rings (SSSR count). The van der Waals surface area contributed by atoms with E-state index in [0.717, 1.165) is 24.1 Å². The van der Waals surface area contributed by atoms with Gasteiger partial charge in [0.1, 0.15) is 0 Å². The fourth-order valence-electron chi connectivity index (χ4n) is 1.94. The van der Waals surface area contributed by atoms with Gasteiger partial charge in [-0.15, -0.1) is 0 Å². The molecule has 17 heavy (non-hydrogen) atoms. The minimum atomic E-state index is -0.861. The normalized spacial score (nSPS) is 10.6. The Kier molecular flexibility index (Phi) is 4.55. The van der Waals surface area contributed by atoms with Gasteiger partial charge in [0.05, 0.1) is 11.3 Å². The molecule has 0 aliphatic carbocycles. The van der Waals surface area contributed by atoms with Crippen LogP contribution in [0.5, 0.6) is 0 Å². The van der Waals surface area contributed by atoms with Crippen molar-refractivity contribution in [2.45, 2.75) is 26.7 Å². The molecular formula is C14H21NO2. The molecule has 0 heterocycles. The summed E-state index contributed by atoms with van der Waals surface area (Å²) < 4.78 is 0. The van der Waals surface area contributed by atoms with Crippen LogP contribution >= 0.6 is 0 Å². The van der Waals surface area contributed by atoms with Gasteiger partial charge in [-0.1, -0.05) is 26.0 Å². The van der Waals surface area contributed by atoms with Crippen LogP contribution in [0.1, 0.15) is 36.2 Å². The number of carboxylic acid groups (broad SMARTS) is 1. The van der Waals surface area contributed by atoms with Crippen LogP contribution in [0.25, 0.3) is 0 Å². The second kappa shape index (κ2) is 5.71. The summed E-state index contributed by atoms with van der Waals surface area (Å²) in [4.78, 5) is 13.1. The standard InChI is InChI=1S/C14H21NO2/c1-10(2)8-9-11-6-5-7-12(14(16)17)13(11)15(3)4/h5-7,10H,8-9H2,1-4H3,(H,16,17). The lowest BCUT2D eigenvalue weighted by atomic mass is 9.98. The number of hydrogen-bond donors (Lipinski definition) is 1. The average molecular weight is 235 g/mol. The highest BCUT2D eigenvalue weighted by atomic mass is 16.4. The zero-order valence-electron chi connectivity index (χ0n) is 11.0. The molecule has 0 atom stereocenters. The molecule has 0 unspecified atom stereocenters. The summed E-state index contributed by atoms with van der Waals surface area (Å²) in [5, 5.41) is 9.19. The monoisotopic (exact) mass is 235 g/mol. The largest absolute Gasteiger partial charge is 0.478 e. The van der Waals surface area contributed by atoms with E-state index >= 15 is 0 Å². The number of benzene rings is 1. The van der Waals surface area contributed by atoms with Crippen LogP contribution in [0.3, 0.4) is 0 Å². The number of carboxylic acids is 1. The molecule has 0 bridgehead atoms. The van der Waals surface area contributed by atoms with Crippen molar-refractivity contribution in [3.05, 3.63) is 29.3 Å². The molecule has 1 aromatic rings. The van der Waals surface area contributed by atoms with Gasteiger partial charge in [-0.05, 0) is 30.4 Å². The Hall–Kier alpha value is -1.51. The van der Waals surface area contributed by atoms with Gasteiger partial charge in [0, 0.05) is 14.1 Å². The van der Waals surface area contributed by atoms with Crippen molar-refractivity contribution in [1.29, 1.82) is 0 Å². The van der Waals surface area contributed by atoms with Crippen LogP contribution in [-0.4, -0.2) is 25.2 Å². The molecule has 0 aliphatic heterocycles. The van der Waals surface area contributed by atoms with E-state index in [4.69, 9.17) is 0 Å². The third kappa shape index (κ3) is 3.48. The number of nitrogens with zero attached hydrogens (tertiary/aromatic N) is 1. The fraction of sp³-hybridized carbons (Fsp3) is 0.500. The van der Waals surface area contributed by atoms with E-state index in [0.29, 0.717) is 11.5 Å². The summed E-state index contributed by atoms with van der Waals surface area (Å²) in [6.45, 7) is 4.35. The van der Waals surface area contributed by atoms with Gasteiger partial charge < -0.3 is 10.0 Å². The summed E-state index contributed by atoms with van der Waals surface area (Å²) >= 11 is 0. The Morgan fingerprint density at radius 2 is 2.00 bits per heavy atom. The highest BCUT2D eigenvalue weighted by molar-refractivity contribution is 5.95. The molecule has 0 saturated heterocycles. The maximum atomic E-state index is 11.2. The van der Waals surface area contributed by atoms with Gasteiger partial charge in [0.25, 0.3) is 0 Å². The Morgan fingerprint density at radius 3 is 2.47 bits per heavy atom. The van der Waals surface area contributed by atoms with Gasteiger partial charge in [-0.2, -0.15) is 0 Å². The number of anilines is 1. The molecule has 3 nitrogen and oxygen atoms in total. The first-order valence-electron chi connectivity index (χ1n) is 5.96. The smallest absolute Gasteiger partial charge is 0.337 e. The molecule has 0 aliphatic rings. The highest BCUT2D eigenvalue weighted by Crippen LogP contribution is 2.26. The summed E-state index contributed by atoms with van der Waals surface area (Å²) in [6, 6.07) is 5.51. The van der Waals surface area contributed by atoms with Crippen LogP contribution in [0.2, 0.25) is 0 Å². The van der Waals surface area contributed by atoms with Crippen molar-refractivity contribution in [2.24, 2.45) is 5.92 Å². The zero-order chi connectivity index (χ0) is 13.0. The van der Waals surface area contributed by atoms with E-state index < -0.39 is 5.97 Å². The third-order valence-corrected chi connectivity index (χ3v) is 2.79. The van der Waals surface area contributed by atoms with Crippen molar-refractivity contribution in [2.75, 3.05) is 19.0 Å². The van der Waals surface area contributed by atoms with Crippen molar-refractivity contribution < 1.29 is 9.90 Å². The molecule has 0 radical (unpaired) electrons. The van der Waals surface area contributed by atoms with E-state index in [9.17, 15) is 9.90 Å². The number of aryl methyl sites for hydroxylation is 1. The number of carbonyl (C=O) groups is 1. The number of hydrogen-bond acceptors (Lipinski definition) is 2. The zero-order valence-corrected chi connectivity index (χ0v) is 11.0. The Morgan fingerprint density at radius 1 is 1.35 bits per heavy atom. The van der Waals surface area contributed by atoms with Crippen LogP contribution in [0, 0.1) is 5.92 Å². The minimum absolute atomic E-state index is 0.385. The summed E-state index contributed by atoms with van der Waals surface area (Å²) in [5.74, 6) is -0.237. The first-order valence-corrected chi connectivity index (χ1v) is 5.96. The van der Waals surface area contributed by atoms with Crippen molar-refractivity contribution in [3.63, 3.8) is 0 Å². The first kappa shape index (κ1) is 13.6. The SMILES string of the molecule is CC(C)CCc1cccc(C(=O)O)c1N(C)C. The van der Waals surface area contributed by atoms with Gasteiger partial charge in [-0.3, -0.25) is 0 Å². The quantitative estimate of drug-likeness (QED) is 0.852. The first-order chi connectivity index (χ1) is 7.93. The van der Waals surface area contributed by atoms with E-state index in [1.807, 2.05) is 31.1 Å². The second-order valence-corrected chi connectivity index (χ2v) is 4.95. The van der Waals surface area contributed by atoms with Crippen LogP contribution in [0.4, 0.5) is 5.69 Å². The van der Waals surface area contributed by atoms with Gasteiger partial charge >= 0.3 is 5.97 Å². The van der Waals surface area contributed by atoms with Gasteiger partial charge in [0.15, 0.2) is 0 Å². The Bertz CT molecular complexity index is 397. The molecule has 3 heteroatoms. The summed E-state index contributed by atoms with van der Waals surface area (Å²) in [6.07, 6.45) is 2.00. The van der Waals surface area contributed by atoms with Crippen molar-refractivity contribution >= 4 is 11.7 Å². The molecule has 94 valence electrons. The molecule has 0 amide bonds. The fourth-order valence-corrected chi connectivity index (χ4v) is 1.94. The topological polar surface area (TPSA) is 40.5 Å². The second-order valence-electron chi connectivity index (χ2n) is 4.95. The molecule has 1 N–H and O–H groups in total. The lowest BCUT2D eigenvalue weighted by Crippen LogP contribution is -2.16. The Labute approximate surface area is 103 Å². The van der Waals surface area contributed by atoms with Crippen molar-refractivity contribution in [3.8, 4) is 0 Å². The van der Waals surface area contributed by atoms with Crippen molar-refractivity contribution in [1.82, 2.24) is 0 Å². The number of para-hydroxylation sites is 1. The number of rotatable bonds is 5. The summed E-state index contributed by atoms with van der Waals surface area (Å²) in [7, 11) is 3.78. The average Bonchev–Trinajstić information content (AvgIpc) is 2.25. The summed E-state index contributed by atoms with van der Waals surface area (Å²) in [5.41, 5.74) is 2.33. The third-order valence-electron chi connectivity index (χ3n) is 2.79. The maximum Gasteiger partial charge on any atom is 0.337 e. The maximum absolute atomic E-state index is 11.2. The van der Waals surface area contributed by atoms with Crippen LogP contribution in [-0.2, 0) is 6.42 Å². The van der Waals surface area contributed by atoms with Gasteiger partial charge in [-0.25, -0.2) is 4.79 Å². The van der Waals surface area contributed by atoms with E-state index in [-0.39, 0.29) is 0 Å². The Balaban J connectivity index is 3.11. The minimum Gasteiger partial charge on any atom is -0.478 e. The predicted molar refractivity (Wildman–Crippen MR) is 70.9 cm³/mol. The van der Waals surface area contributed by atoms with Crippen LogP contribution in [0.15, 0.2) is 18.2 Å². The van der Waals surface area contributed by atoms with E-state index in [1.165, 1.54) is 0 Å². The molecule has 0 fully saturated rings. The highest BCUT2D eigenvalue weighted by Gasteiger charge is 2.15. The van der Waals surface area contributed by atoms with E-state index in [2.05, 4.69) is 13.8 Å². The lowest BCUT2D eigenvalue weighted by Gasteiger charge is -2.20. The molecule has 0 spiro atoms. The molecular weight excluding hydrogens is 214 g/mol. The van der Waals surface area contributed by atoms with Gasteiger partial charge in [0.2, 0.25) is 0 Å². The molecule has 1 aromatic carbocycles. The molecule has 0 aromatic heterocycles. The van der Waals surface area contributed by atoms with Crippen LogP contribution < -0.4 is 4.90 Å². The predicted octanol–water partition coefficient (Wildman–Crippen LogP) is 3.04. The molecule has 0 saturated carbocycles.